The maximum absolute atomic E-state index is 12.3. The summed E-state index contributed by atoms with van der Waals surface area (Å²) in [6.45, 7) is 5.17. The minimum absolute atomic E-state index is 0.0813. The molecule has 1 saturated carbocycles. The molecule has 24 heavy (non-hydrogen) atoms. The van der Waals surface area contributed by atoms with Gasteiger partial charge in [-0.2, -0.15) is 0 Å². The number of hydrogen-bond donors (Lipinski definition) is 2. The van der Waals surface area contributed by atoms with Gasteiger partial charge in [-0.1, -0.05) is 13.8 Å². The lowest BCUT2D eigenvalue weighted by molar-refractivity contribution is -0.123. The fourth-order valence-electron chi connectivity index (χ4n) is 3.48. The third-order valence-electron chi connectivity index (χ3n) is 4.58. The molecule has 0 aromatic carbocycles. The van der Waals surface area contributed by atoms with Crippen molar-refractivity contribution < 1.29 is 9.90 Å². The number of aliphatic hydroxyl groups excluding tert-OH is 1. The molecular weight excluding hydrogens is 306 g/mol. The number of imidazole rings is 2. The van der Waals surface area contributed by atoms with Gasteiger partial charge in [0.05, 0.1) is 18.5 Å². The number of nitrogens with one attached hydrogen (secondary N) is 1. The zero-order valence-electron chi connectivity index (χ0n) is 14.2. The molecule has 7 heteroatoms. The van der Waals surface area contributed by atoms with Crippen molar-refractivity contribution in [2.75, 3.05) is 0 Å². The van der Waals surface area contributed by atoms with Crippen molar-refractivity contribution in [2.24, 2.45) is 5.92 Å². The van der Waals surface area contributed by atoms with E-state index in [1.165, 1.54) is 0 Å². The molecule has 1 aliphatic carbocycles. The molecule has 2 heterocycles. The van der Waals surface area contributed by atoms with Crippen LogP contribution in [0.1, 0.15) is 38.4 Å². The number of amides is 1. The number of hydrogen-bond acceptors (Lipinski definition) is 4. The van der Waals surface area contributed by atoms with Crippen LogP contribution in [0.2, 0.25) is 0 Å². The molecule has 0 saturated heterocycles. The Labute approximate surface area is 141 Å². The normalized spacial score (nSPS) is 23.8. The largest absolute Gasteiger partial charge is 0.391 e. The molecule has 1 unspecified atom stereocenters. The number of carbonyl (C=O) groups excluding carboxylic acids is 1. The van der Waals surface area contributed by atoms with Crippen molar-refractivity contribution in [1.82, 2.24) is 24.4 Å². The van der Waals surface area contributed by atoms with Gasteiger partial charge in [-0.3, -0.25) is 4.79 Å². The molecule has 0 radical (unpaired) electrons. The van der Waals surface area contributed by atoms with Crippen molar-refractivity contribution in [1.29, 1.82) is 0 Å². The van der Waals surface area contributed by atoms with Crippen molar-refractivity contribution in [3.63, 3.8) is 0 Å². The lowest BCUT2D eigenvalue weighted by atomic mass is 10.1. The second-order valence-corrected chi connectivity index (χ2v) is 6.91. The van der Waals surface area contributed by atoms with Crippen LogP contribution in [0.4, 0.5) is 0 Å². The van der Waals surface area contributed by atoms with E-state index in [9.17, 15) is 9.90 Å². The fraction of sp³-hybridized carbons (Fsp3) is 0.588. The van der Waals surface area contributed by atoms with Crippen LogP contribution in [0, 0.1) is 5.92 Å². The SMILES string of the molecule is CC(C)c1nccn1CC(=O)N[C@@H]1CC(Cn2ccnc2)C[C@H]1O. The van der Waals surface area contributed by atoms with Gasteiger partial charge in [-0.05, 0) is 18.8 Å². The minimum Gasteiger partial charge on any atom is -0.391 e. The number of aromatic nitrogens is 4. The van der Waals surface area contributed by atoms with Gasteiger partial charge in [0.15, 0.2) is 0 Å². The van der Waals surface area contributed by atoms with Crippen molar-refractivity contribution >= 4 is 5.91 Å². The summed E-state index contributed by atoms with van der Waals surface area (Å²) in [6, 6.07) is -0.183. The highest BCUT2D eigenvalue weighted by Gasteiger charge is 2.34. The molecule has 2 aromatic rings. The predicted molar refractivity (Wildman–Crippen MR) is 89.2 cm³/mol. The third kappa shape index (κ3) is 3.84. The predicted octanol–water partition coefficient (Wildman–Crippen LogP) is 1.16. The summed E-state index contributed by atoms with van der Waals surface area (Å²) in [7, 11) is 0. The first kappa shape index (κ1) is 16.7. The molecule has 130 valence electrons. The fourth-order valence-corrected chi connectivity index (χ4v) is 3.48. The molecule has 1 fully saturated rings. The lowest BCUT2D eigenvalue weighted by Gasteiger charge is -2.17. The molecule has 0 spiro atoms. The zero-order valence-corrected chi connectivity index (χ0v) is 14.2. The smallest absolute Gasteiger partial charge is 0.240 e. The highest BCUT2D eigenvalue weighted by Crippen LogP contribution is 2.27. The number of carbonyl (C=O) groups is 1. The Bertz CT molecular complexity index is 664. The van der Waals surface area contributed by atoms with Crippen LogP contribution in [0.25, 0.3) is 0 Å². The molecular formula is C17H25N5O2. The van der Waals surface area contributed by atoms with E-state index < -0.39 is 6.10 Å². The maximum Gasteiger partial charge on any atom is 0.240 e. The van der Waals surface area contributed by atoms with Gasteiger partial charge in [0.1, 0.15) is 12.4 Å². The van der Waals surface area contributed by atoms with Crippen molar-refractivity contribution in [2.45, 2.75) is 57.8 Å². The average molecular weight is 331 g/mol. The first-order chi connectivity index (χ1) is 11.5. The Hall–Kier alpha value is -2.15. The highest BCUT2D eigenvalue weighted by atomic mass is 16.3. The standard InChI is InChI=1S/C17H25N5O2/c1-12(2)17-19-4-6-22(17)10-16(24)20-14-7-13(8-15(14)23)9-21-5-3-18-11-21/h3-6,11-15,23H,7-10H2,1-2H3,(H,20,24)/t13?,14-,15-/m1/s1. The monoisotopic (exact) mass is 331 g/mol. The molecule has 1 amide bonds. The van der Waals surface area contributed by atoms with Gasteiger partial charge in [0.25, 0.3) is 0 Å². The van der Waals surface area contributed by atoms with Gasteiger partial charge in [0.2, 0.25) is 5.91 Å². The van der Waals surface area contributed by atoms with E-state index in [1.54, 1.807) is 18.7 Å². The summed E-state index contributed by atoms with van der Waals surface area (Å²) >= 11 is 0. The highest BCUT2D eigenvalue weighted by molar-refractivity contribution is 5.76. The Morgan fingerprint density at radius 1 is 1.38 bits per heavy atom. The van der Waals surface area contributed by atoms with Gasteiger partial charge in [0, 0.05) is 37.3 Å². The van der Waals surface area contributed by atoms with Crippen LogP contribution in [-0.4, -0.2) is 42.3 Å². The molecule has 1 aliphatic rings. The van der Waals surface area contributed by atoms with Crippen LogP contribution in [0.5, 0.6) is 0 Å². The van der Waals surface area contributed by atoms with Gasteiger partial charge < -0.3 is 19.6 Å². The first-order valence-electron chi connectivity index (χ1n) is 8.47. The van der Waals surface area contributed by atoms with E-state index in [2.05, 4.69) is 29.1 Å². The Kier molecular flexibility index (Phi) is 4.99. The number of rotatable bonds is 6. The lowest BCUT2D eigenvalue weighted by Crippen LogP contribution is -2.41. The van der Waals surface area contributed by atoms with E-state index in [4.69, 9.17) is 0 Å². The number of nitrogens with zero attached hydrogens (tertiary/aromatic N) is 4. The first-order valence-corrected chi connectivity index (χ1v) is 8.47. The molecule has 0 aliphatic heterocycles. The third-order valence-corrected chi connectivity index (χ3v) is 4.58. The van der Waals surface area contributed by atoms with E-state index in [1.807, 2.05) is 21.5 Å². The Morgan fingerprint density at radius 3 is 2.92 bits per heavy atom. The van der Waals surface area contributed by atoms with Crippen LogP contribution in [0.15, 0.2) is 31.1 Å². The Morgan fingerprint density at radius 2 is 2.21 bits per heavy atom. The van der Waals surface area contributed by atoms with E-state index in [0.717, 1.165) is 18.8 Å². The topological polar surface area (TPSA) is 85.0 Å². The zero-order chi connectivity index (χ0) is 17.1. The van der Waals surface area contributed by atoms with Crippen LogP contribution in [0.3, 0.4) is 0 Å². The van der Waals surface area contributed by atoms with Gasteiger partial charge in [-0.25, -0.2) is 9.97 Å². The maximum atomic E-state index is 12.3. The minimum atomic E-state index is -0.491. The average Bonchev–Trinajstić information content (AvgIpc) is 3.22. The number of aliphatic hydroxyl groups is 1. The van der Waals surface area contributed by atoms with Gasteiger partial charge >= 0.3 is 0 Å². The molecule has 3 atom stereocenters. The van der Waals surface area contributed by atoms with E-state index in [-0.39, 0.29) is 24.4 Å². The van der Waals surface area contributed by atoms with E-state index >= 15 is 0 Å². The molecule has 3 rings (SSSR count). The summed E-state index contributed by atoms with van der Waals surface area (Å²) in [5.41, 5.74) is 0. The van der Waals surface area contributed by atoms with Crippen molar-refractivity contribution in [3.05, 3.63) is 36.9 Å². The van der Waals surface area contributed by atoms with Gasteiger partial charge in [-0.15, -0.1) is 0 Å². The quantitative estimate of drug-likeness (QED) is 0.832. The van der Waals surface area contributed by atoms with Crippen LogP contribution in [-0.2, 0) is 17.9 Å². The Balaban J connectivity index is 1.53. The molecule has 7 nitrogen and oxygen atoms in total. The van der Waals surface area contributed by atoms with E-state index in [0.29, 0.717) is 12.3 Å². The molecule has 2 aromatic heterocycles. The summed E-state index contributed by atoms with van der Waals surface area (Å²) in [5.74, 6) is 1.43. The molecule has 0 bridgehead atoms. The summed E-state index contributed by atoms with van der Waals surface area (Å²) in [5, 5.41) is 13.2. The summed E-state index contributed by atoms with van der Waals surface area (Å²) in [4.78, 5) is 20.7. The summed E-state index contributed by atoms with van der Waals surface area (Å²) < 4.78 is 3.88. The van der Waals surface area contributed by atoms with Crippen LogP contribution < -0.4 is 5.32 Å². The van der Waals surface area contributed by atoms with Crippen LogP contribution >= 0.6 is 0 Å². The summed E-state index contributed by atoms with van der Waals surface area (Å²) in [6.07, 6.45) is 9.99. The second kappa shape index (κ2) is 7.17. The second-order valence-electron chi connectivity index (χ2n) is 6.91. The van der Waals surface area contributed by atoms with Crippen molar-refractivity contribution in [3.8, 4) is 0 Å². The molecule has 2 N–H and O–H groups in total.